The summed E-state index contributed by atoms with van der Waals surface area (Å²) >= 11 is 0. The number of furan rings is 2. The van der Waals surface area contributed by atoms with E-state index in [9.17, 15) is 14.4 Å². The molecule has 4 heterocycles. The van der Waals surface area contributed by atoms with E-state index in [0.29, 0.717) is 18.6 Å². The first-order valence-corrected chi connectivity index (χ1v) is 12.8. The number of carbonyl (C=O) groups excluding carboxylic acids is 3. The van der Waals surface area contributed by atoms with Gasteiger partial charge in [0.2, 0.25) is 0 Å². The van der Waals surface area contributed by atoms with Gasteiger partial charge in [0.05, 0.1) is 18.2 Å². The molecular weight excluding hydrogens is 460 g/mol. The van der Waals surface area contributed by atoms with E-state index < -0.39 is 23.5 Å². The molecule has 3 aliphatic rings. The first kappa shape index (κ1) is 24.1. The Labute approximate surface area is 210 Å². The summed E-state index contributed by atoms with van der Waals surface area (Å²) in [7, 11) is 0. The van der Waals surface area contributed by atoms with Crippen LogP contribution >= 0.6 is 0 Å². The van der Waals surface area contributed by atoms with Crippen LogP contribution in [0.15, 0.2) is 56.3 Å². The van der Waals surface area contributed by atoms with Crippen molar-refractivity contribution in [3.63, 3.8) is 0 Å². The van der Waals surface area contributed by atoms with Crippen LogP contribution in [0.3, 0.4) is 0 Å². The maximum Gasteiger partial charge on any atom is 0.325 e. The Bertz CT molecular complexity index is 1170. The van der Waals surface area contributed by atoms with Crippen molar-refractivity contribution >= 4 is 29.6 Å². The monoisotopic (exact) mass is 492 g/mol. The standard InChI is InChI=1S/C27H32N4O5/c1-3-12-27(13-4-2)25(33)30(26(34)28-27)17-22(32)31-24(21-11-7-15-36-21)20-10-5-8-18(23(20)29-31)16-19-9-6-14-35-19/h6-7,9,11,14-16,20,24H,3-5,8,10,12-13,17H2,1-2H3,(H,28,34)/b18-16-/t20-,24-/m0/s1. The summed E-state index contributed by atoms with van der Waals surface area (Å²) in [6.45, 7) is 3.60. The molecule has 2 aromatic rings. The Morgan fingerprint density at radius 3 is 2.58 bits per heavy atom. The Morgan fingerprint density at radius 1 is 1.17 bits per heavy atom. The number of rotatable bonds is 8. The lowest BCUT2D eigenvalue weighted by molar-refractivity contribution is -0.140. The van der Waals surface area contributed by atoms with Crippen LogP contribution in [0.4, 0.5) is 4.79 Å². The van der Waals surface area contributed by atoms with Crippen LogP contribution in [0.1, 0.15) is 76.4 Å². The van der Waals surface area contributed by atoms with Gasteiger partial charge >= 0.3 is 6.03 Å². The van der Waals surface area contributed by atoms with E-state index in [4.69, 9.17) is 13.9 Å². The molecule has 0 unspecified atom stereocenters. The van der Waals surface area contributed by atoms with Crippen LogP contribution in [0.2, 0.25) is 0 Å². The summed E-state index contributed by atoms with van der Waals surface area (Å²) in [5.41, 5.74) is 0.911. The van der Waals surface area contributed by atoms with Crippen molar-refractivity contribution in [1.82, 2.24) is 15.2 Å². The molecule has 1 aliphatic carbocycles. The summed E-state index contributed by atoms with van der Waals surface area (Å²) in [5, 5.41) is 9.07. The molecule has 1 N–H and O–H groups in total. The van der Waals surface area contributed by atoms with Gasteiger partial charge in [-0.2, -0.15) is 5.10 Å². The third kappa shape index (κ3) is 4.16. The highest BCUT2D eigenvalue weighted by molar-refractivity contribution is 6.10. The molecule has 2 aromatic heterocycles. The molecule has 2 aliphatic heterocycles. The number of hydrazone groups is 1. The number of fused-ring (bicyclic) bond motifs is 1. The molecule has 1 saturated heterocycles. The van der Waals surface area contributed by atoms with E-state index in [-0.39, 0.29) is 18.4 Å². The molecule has 5 rings (SSSR count). The van der Waals surface area contributed by atoms with Crippen LogP contribution in [0.5, 0.6) is 0 Å². The molecule has 0 spiro atoms. The number of nitrogens with zero attached hydrogens (tertiary/aromatic N) is 3. The minimum absolute atomic E-state index is 0.0440. The van der Waals surface area contributed by atoms with Crippen molar-refractivity contribution in [3.05, 3.63) is 53.9 Å². The zero-order chi connectivity index (χ0) is 25.3. The van der Waals surface area contributed by atoms with Crippen molar-refractivity contribution in [2.45, 2.75) is 70.4 Å². The lowest BCUT2D eigenvalue weighted by Gasteiger charge is -2.28. The van der Waals surface area contributed by atoms with Crippen molar-refractivity contribution in [2.24, 2.45) is 11.0 Å². The number of allylic oxidation sites excluding steroid dienone is 1. The highest BCUT2D eigenvalue weighted by Gasteiger charge is 2.52. The second kappa shape index (κ2) is 9.79. The summed E-state index contributed by atoms with van der Waals surface area (Å²) in [4.78, 5) is 40.9. The number of urea groups is 1. The van der Waals surface area contributed by atoms with Gasteiger partial charge in [-0.3, -0.25) is 14.5 Å². The van der Waals surface area contributed by atoms with Crippen LogP contribution in [-0.4, -0.2) is 45.5 Å². The Hall–Kier alpha value is -3.62. The topological polar surface area (TPSA) is 108 Å². The van der Waals surface area contributed by atoms with Gasteiger partial charge in [0, 0.05) is 5.92 Å². The first-order valence-electron chi connectivity index (χ1n) is 12.8. The van der Waals surface area contributed by atoms with E-state index in [1.807, 2.05) is 38.1 Å². The number of nitrogens with one attached hydrogen (secondary N) is 1. The molecule has 9 nitrogen and oxygen atoms in total. The largest absolute Gasteiger partial charge is 0.467 e. The van der Waals surface area contributed by atoms with E-state index in [1.54, 1.807) is 18.6 Å². The van der Waals surface area contributed by atoms with E-state index in [2.05, 4.69) is 5.32 Å². The van der Waals surface area contributed by atoms with Gasteiger partial charge in [0.15, 0.2) is 0 Å². The molecule has 4 amide bonds. The predicted octanol–water partition coefficient (Wildman–Crippen LogP) is 4.89. The fraction of sp³-hybridized carbons (Fsp3) is 0.481. The average Bonchev–Trinajstić information content (AvgIpc) is 3.65. The number of hydrogen-bond donors (Lipinski definition) is 1. The van der Waals surface area contributed by atoms with Gasteiger partial charge < -0.3 is 14.2 Å². The van der Waals surface area contributed by atoms with Gasteiger partial charge in [0.1, 0.15) is 29.6 Å². The molecule has 0 bridgehead atoms. The van der Waals surface area contributed by atoms with Crippen molar-refractivity contribution in [2.75, 3.05) is 6.54 Å². The molecule has 2 fully saturated rings. The van der Waals surface area contributed by atoms with E-state index in [1.165, 1.54) is 5.01 Å². The second-order valence-corrected chi connectivity index (χ2v) is 9.77. The fourth-order valence-electron chi connectivity index (χ4n) is 5.84. The minimum Gasteiger partial charge on any atom is -0.467 e. The zero-order valence-corrected chi connectivity index (χ0v) is 20.7. The highest BCUT2D eigenvalue weighted by atomic mass is 16.3. The molecule has 190 valence electrons. The Morgan fingerprint density at radius 2 is 1.92 bits per heavy atom. The summed E-state index contributed by atoms with van der Waals surface area (Å²) in [5.74, 6) is 0.576. The summed E-state index contributed by atoms with van der Waals surface area (Å²) in [6, 6.07) is 6.40. The SMILES string of the molecule is CCCC1(CCC)NC(=O)N(CC(=O)N2N=C3/C(=C\c4ccco4)CCC[C@@H]3[C@H]2c2ccco2)C1=O. The van der Waals surface area contributed by atoms with Crippen LogP contribution in [0.25, 0.3) is 6.08 Å². The van der Waals surface area contributed by atoms with Gasteiger partial charge in [-0.1, -0.05) is 26.7 Å². The molecule has 9 heteroatoms. The Kier molecular flexibility index (Phi) is 6.55. The first-order chi connectivity index (χ1) is 17.5. The van der Waals surface area contributed by atoms with Crippen LogP contribution in [-0.2, 0) is 9.59 Å². The van der Waals surface area contributed by atoms with Gasteiger partial charge in [0.25, 0.3) is 11.8 Å². The molecular formula is C27H32N4O5. The van der Waals surface area contributed by atoms with Crippen molar-refractivity contribution < 1.29 is 23.2 Å². The predicted molar refractivity (Wildman–Crippen MR) is 133 cm³/mol. The summed E-state index contributed by atoms with van der Waals surface area (Å²) < 4.78 is 11.2. The minimum atomic E-state index is -0.939. The van der Waals surface area contributed by atoms with E-state index >= 15 is 0 Å². The normalized spacial score (nSPS) is 24.3. The average molecular weight is 493 g/mol. The molecule has 0 radical (unpaired) electrons. The number of carbonyl (C=O) groups is 3. The maximum atomic E-state index is 13.7. The number of hydrogen-bond acceptors (Lipinski definition) is 6. The lowest BCUT2D eigenvalue weighted by Crippen LogP contribution is -2.47. The fourth-order valence-corrected chi connectivity index (χ4v) is 5.84. The zero-order valence-electron chi connectivity index (χ0n) is 20.7. The van der Waals surface area contributed by atoms with Crippen LogP contribution in [0, 0.1) is 5.92 Å². The van der Waals surface area contributed by atoms with Crippen LogP contribution < -0.4 is 5.32 Å². The van der Waals surface area contributed by atoms with Gasteiger partial charge in [-0.25, -0.2) is 9.80 Å². The third-order valence-electron chi connectivity index (χ3n) is 7.34. The number of imide groups is 1. The van der Waals surface area contributed by atoms with E-state index in [0.717, 1.165) is 54.0 Å². The lowest BCUT2D eigenvalue weighted by atomic mass is 9.79. The smallest absolute Gasteiger partial charge is 0.325 e. The molecule has 1 saturated carbocycles. The van der Waals surface area contributed by atoms with Gasteiger partial charge in [-0.05, 0) is 68.0 Å². The molecule has 36 heavy (non-hydrogen) atoms. The second-order valence-electron chi connectivity index (χ2n) is 9.77. The quantitative estimate of drug-likeness (QED) is 0.528. The number of amides is 4. The maximum absolute atomic E-state index is 13.7. The van der Waals surface area contributed by atoms with Crippen molar-refractivity contribution in [3.8, 4) is 0 Å². The Balaban J connectivity index is 1.44. The van der Waals surface area contributed by atoms with Crippen molar-refractivity contribution in [1.29, 1.82) is 0 Å². The third-order valence-corrected chi connectivity index (χ3v) is 7.34. The molecule has 2 atom stereocenters. The molecule has 0 aromatic carbocycles. The van der Waals surface area contributed by atoms with Gasteiger partial charge in [-0.15, -0.1) is 0 Å². The highest BCUT2D eigenvalue weighted by Crippen LogP contribution is 2.44. The summed E-state index contributed by atoms with van der Waals surface area (Å²) in [6.07, 6.45) is 10.4.